The first kappa shape index (κ1) is 15.3. The molecule has 0 radical (unpaired) electrons. The van der Waals surface area contributed by atoms with Crippen molar-refractivity contribution >= 4 is 11.6 Å². The Bertz CT molecular complexity index is 407. The van der Waals surface area contributed by atoms with E-state index in [1.54, 1.807) is 0 Å². The molecule has 0 aliphatic carbocycles. The van der Waals surface area contributed by atoms with Crippen LogP contribution in [0.5, 0.6) is 0 Å². The number of aryl methyl sites for hydroxylation is 1. The number of halogens is 4. The normalized spacial score (nSPS) is 15.5. The minimum Gasteiger partial charge on any atom is -0.390 e. The quantitative estimate of drug-likeness (QED) is 0.834. The Morgan fingerprint density at radius 2 is 1.89 bits per heavy atom. The zero-order valence-corrected chi connectivity index (χ0v) is 10.5. The monoisotopic (exact) mass is 282 g/mol. The van der Waals surface area contributed by atoms with Crippen LogP contribution in [0.15, 0.2) is 18.2 Å². The van der Waals surface area contributed by atoms with Gasteiger partial charge < -0.3 is 10.2 Å². The van der Waals surface area contributed by atoms with E-state index in [1.807, 2.05) is 0 Å². The van der Waals surface area contributed by atoms with Gasteiger partial charge in [0.05, 0.1) is 11.7 Å². The maximum absolute atomic E-state index is 12.7. The van der Waals surface area contributed by atoms with Gasteiger partial charge in [-0.25, -0.2) is 0 Å². The molecule has 6 heteroatoms. The predicted octanol–water partition coefficient (Wildman–Crippen LogP) is 3.04. The summed E-state index contributed by atoms with van der Waals surface area (Å²) in [6, 6.07) is 3.50. The van der Waals surface area contributed by atoms with Gasteiger partial charge in [0, 0.05) is 5.88 Å². The van der Waals surface area contributed by atoms with Crippen LogP contribution in [0.1, 0.15) is 29.2 Å². The fraction of sp³-hybridized carbons (Fsp3) is 0.500. The average Bonchev–Trinajstić information content (AvgIpc) is 2.27. The van der Waals surface area contributed by atoms with Crippen LogP contribution in [-0.4, -0.2) is 22.2 Å². The predicted molar refractivity (Wildman–Crippen MR) is 62.5 cm³/mol. The van der Waals surface area contributed by atoms with Crippen LogP contribution in [0.25, 0.3) is 0 Å². The molecule has 1 aromatic rings. The van der Waals surface area contributed by atoms with Gasteiger partial charge in [0.1, 0.15) is 6.10 Å². The molecule has 1 aromatic carbocycles. The van der Waals surface area contributed by atoms with Crippen LogP contribution in [0.4, 0.5) is 13.2 Å². The SMILES string of the molecule is Cc1ccc(C(O)C(O)CCCl)cc1C(F)(F)F. The Balaban J connectivity index is 3.05. The third kappa shape index (κ3) is 3.60. The molecular formula is C12H14ClF3O2. The molecule has 102 valence electrons. The van der Waals surface area contributed by atoms with E-state index in [4.69, 9.17) is 11.6 Å². The van der Waals surface area contributed by atoms with Gasteiger partial charge in [-0.3, -0.25) is 0 Å². The number of hydrogen-bond acceptors (Lipinski definition) is 2. The van der Waals surface area contributed by atoms with Crippen molar-refractivity contribution in [3.8, 4) is 0 Å². The zero-order valence-electron chi connectivity index (χ0n) is 9.71. The lowest BCUT2D eigenvalue weighted by Crippen LogP contribution is -2.19. The van der Waals surface area contributed by atoms with Crippen LogP contribution in [0.2, 0.25) is 0 Å². The van der Waals surface area contributed by atoms with E-state index in [1.165, 1.54) is 19.1 Å². The highest BCUT2D eigenvalue weighted by atomic mass is 35.5. The third-order valence-electron chi connectivity index (χ3n) is 2.68. The van der Waals surface area contributed by atoms with Crippen LogP contribution >= 0.6 is 11.6 Å². The molecule has 2 nitrogen and oxygen atoms in total. The highest BCUT2D eigenvalue weighted by Gasteiger charge is 2.33. The molecule has 2 unspecified atom stereocenters. The van der Waals surface area contributed by atoms with Gasteiger partial charge in [-0.15, -0.1) is 11.6 Å². The lowest BCUT2D eigenvalue weighted by atomic mass is 9.97. The van der Waals surface area contributed by atoms with Crippen LogP contribution in [0, 0.1) is 6.92 Å². The first-order valence-electron chi connectivity index (χ1n) is 5.37. The molecule has 0 saturated carbocycles. The highest BCUT2D eigenvalue weighted by molar-refractivity contribution is 6.17. The Kier molecular flexibility index (Phi) is 5.01. The maximum Gasteiger partial charge on any atom is 0.416 e. The molecule has 0 spiro atoms. The van der Waals surface area contributed by atoms with Crippen molar-refractivity contribution in [3.63, 3.8) is 0 Å². The van der Waals surface area contributed by atoms with Gasteiger partial charge in [-0.1, -0.05) is 12.1 Å². The summed E-state index contributed by atoms with van der Waals surface area (Å²) in [5.74, 6) is 0.121. The minimum atomic E-state index is -4.47. The summed E-state index contributed by atoms with van der Waals surface area (Å²) in [7, 11) is 0. The summed E-state index contributed by atoms with van der Waals surface area (Å²) in [4.78, 5) is 0. The summed E-state index contributed by atoms with van der Waals surface area (Å²) in [5.41, 5.74) is -0.701. The molecule has 0 aromatic heterocycles. The summed E-state index contributed by atoms with van der Waals surface area (Å²) in [6.45, 7) is 1.34. The summed E-state index contributed by atoms with van der Waals surface area (Å²) in [5, 5.41) is 19.2. The molecule has 2 N–H and O–H groups in total. The van der Waals surface area contributed by atoms with Gasteiger partial charge in [-0.05, 0) is 30.5 Å². The van der Waals surface area contributed by atoms with Crippen molar-refractivity contribution in [3.05, 3.63) is 34.9 Å². The topological polar surface area (TPSA) is 40.5 Å². The van der Waals surface area contributed by atoms with E-state index < -0.39 is 23.9 Å². The number of aliphatic hydroxyl groups is 2. The van der Waals surface area contributed by atoms with E-state index >= 15 is 0 Å². The van der Waals surface area contributed by atoms with Crippen molar-refractivity contribution in [2.24, 2.45) is 0 Å². The first-order chi connectivity index (χ1) is 8.27. The number of hydrogen-bond donors (Lipinski definition) is 2. The Morgan fingerprint density at radius 1 is 1.28 bits per heavy atom. The average molecular weight is 283 g/mol. The number of alkyl halides is 4. The molecule has 0 saturated heterocycles. The lowest BCUT2D eigenvalue weighted by molar-refractivity contribution is -0.138. The Labute approximate surface area is 108 Å². The Morgan fingerprint density at radius 3 is 2.39 bits per heavy atom. The number of benzene rings is 1. The molecule has 18 heavy (non-hydrogen) atoms. The van der Waals surface area contributed by atoms with Crippen LogP contribution in [-0.2, 0) is 6.18 Å². The zero-order chi connectivity index (χ0) is 13.9. The molecule has 1 rings (SSSR count). The molecule has 0 fully saturated rings. The van der Waals surface area contributed by atoms with Gasteiger partial charge in [-0.2, -0.15) is 13.2 Å². The first-order valence-corrected chi connectivity index (χ1v) is 5.90. The molecule has 0 aliphatic rings. The van der Waals surface area contributed by atoms with Crippen molar-refractivity contribution in [1.82, 2.24) is 0 Å². The fourth-order valence-electron chi connectivity index (χ4n) is 1.62. The van der Waals surface area contributed by atoms with Crippen LogP contribution in [0.3, 0.4) is 0 Å². The largest absolute Gasteiger partial charge is 0.416 e. The van der Waals surface area contributed by atoms with E-state index in [0.29, 0.717) is 0 Å². The minimum absolute atomic E-state index is 0.0329. The van der Waals surface area contributed by atoms with Crippen molar-refractivity contribution in [1.29, 1.82) is 0 Å². The van der Waals surface area contributed by atoms with Gasteiger partial charge in [0.25, 0.3) is 0 Å². The van der Waals surface area contributed by atoms with Gasteiger partial charge in [0.2, 0.25) is 0 Å². The molecular weight excluding hydrogens is 269 g/mol. The second-order valence-electron chi connectivity index (χ2n) is 4.06. The number of aliphatic hydroxyl groups excluding tert-OH is 2. The lowest BCUT2D eigenvalue weighted by Gasteiger charge is -2.19. The van der Waals surface area contributed by atoms with E-state index in [0.717, 1.165) is 6.07 Å². The number of rotatable bonds is 4. The smallest absolute Gasteiger partial charge is 0.390 e. The fourth-order valence-corrected chi connectivity index (χ4v) is 1.84. The van der Waals surface area contributed by atoms with E-state index in [9.17, 15) is 23.4 Å². The second-order valence-corrected chi connectivity index (χ2v) is 4.44. The third-order valence-corrected chi connectivity index (χ3v) is 2.90. The maximum atomic E-state index is 12.7. The molecule has 0 amide bonds. The summed E-state index contributed by atoms with van der Waals surface area (Å²) >= 11 is 5.41. The van der Waals surface area contributed by atoms with E-state index in [-0.39, 0.29) is 23.4 Å². The van der Waals surface area contributed by atoms with Crippen LogP contribution < -0.4 is 0 Å². The van der Waals surface area contributed by atoms with Crippen molar-refractivity contribution in [2.75, 3.05) is 5.88 Å². The molecule has 0 heterocycles. The molecule has 2 atom stereocenters. The van der Waals surface area contributed by atoms with Crippen molar-refractivity contribution in [2.45, 2.75) is 31.7 Å². The summed E-state index contributed by atoms with van der Waals surface area (Å²) < 4.78 is 38.0. The summed E-state index contributed by atoms with van der Waals surface area (Å²) in [6.07, 6.45) is -6.91. The van der Waals surface area contributed by atoms with Gasteiger partial charge >= 0.3 is 6.18 Å². The van der Waals surface area contributed by atoms with Crippen molar-refractivity contribution < 1.29 is 23.4 Å². The Hall–Kier alpha value is -0.780. The molecule has 0 aliphatic heterocycles. The second kappa shape index (κ2) is 5.91. The molecule has 0 bridgehead atoms. The highest BCUT2D eigenvalue weighted by Crippen LogP contribution is 2.34. The van der Waals surface area contributed by atoms with E-state index in [2.05, 4.69) is 0 Å². The van der Waals surface area contributed by atoms with Gasteiger partial charge in [0.15, 0.2) is 0 Å². The standard InChI is InChI=1S/C12H14ClF3O2/c1-7-2-3-8(6-9(7)12(14,15)16)11(18)10(17)4-5-13/h2-3,6,10-11,17-18H,4-5H2,1H3.